The summed E-state index contributed by atoms with van der Waals surface area (Å²) in [5.41, 5.74) is 4.18. The van der Waals surface area contributed by atoms with Crippen LogP contribution in [0.25, 0.3) is 0 Å². The van der Waals surface area contributed by atoms with Crippen molar-refractivity contribution >= 4 is 16.9 Å². The summed E-state index contributed by atoms with van der Waals surface area (Å²) in [6.07, 6.45) is 3.66. The van der Waals surface area contributed by atoms with Crippen LogP contribution in [0, 0.1) is 5.92 Å². The predicted molar refractivity (Wildman–Crippen MR) is 86.9 cm³/mol. The van der Waals surface area contributed by atoms with Gasteiger partial charge in [0.15, 0.2) is 11.1 Å². The molecular formula is C18H20O4S. The number of hydrogen-bond acceptors (Lipinski definition) is 4. The fourth-order valence-corrected chi connectivity index (χ4v) is 4.03. The monoisotopic (exact) mass is 332 g/mol. The van der Waals surface area contributed by atoms with Crippen LogP contribution in [0.3, 0.4) is 0 Å². The van der Waals surface area contributed by atoms with Crippen LogP contribution in [0.1, 0.15) is 32.1 Å². The van der Waals surface area contributed by atoms with Crippen molar-refractivity contribution in [2.24, 2.45) is 5.92 Å². The van der Waals surface area contributed by atoms with Crippen molar-refractivity contribution in [3.05, 3.63) is 47.7 Å². The second-order valence-electron chi connectivity index (χ2n) is 5.99. The molecule has 4 nitrogen and oxygen atoms in total. The van der Waals surface area contributed by atoms with E-state index in [9.17, 15) is 14.1 Å². The van der Waals surface area contributed by atoms with Gasteiger partial charge in [0.1, 0.15) is 11.9 Å². The zero-order valence-electron chi connectivity index (χ0n) is 12.8. The Morgan fingerprint density at radius 1 is 1.22 bits per heavy atom. The van der Waals surface area contributed by atoms with Crippen LogP contribution in [-0.4, -0.2) is 27.3 Å². The molecule has 4 unspecified atom stereocenters. The summed E-state index contributed by atoms with van der Waals surface area (Å²) in [5.74, 6) is -0.235. The molecule has 1 aromatic rings. The molecule has 5 heteroatoms. The second kappa shape index (κ2) is 7.37. The summed E-state index contributed by atoms with van der Waals surface area (Å²) in [4.78, 5) is 12.6. The molecule has 0 radical (unpaired) electrons. The molecule has 0 aromatic heterocycles. The summed E-state index contributed by atoms with van der Waals surface area (Å²) in [5, 5.41) is 10.6. The maximum Gasteiger partial charge on any atom is 0.189 e. The molecule has 122 valence electrons. The second-order valence-corrected chi connectivity index (χ2v) is 7.13. The van der Waals surface area contributed by atoms with Gasteiger partial charge in [0, 0.05) is 18.8 Å². The Labute approximate surface area is 138 Å². The fourth-order valence-electron chi connectivity index (χ4n) is 3.14. The topological polar surface area (TPSA) is 63.6 Å². The first-order valence-corrected chi connectivity index (χ1v) is 9.00. The maximum atomic E-state index is 12.3. The van der Waals surface area contributed by atoms with Crippen molar-refractivity contribution < 1.29 is 18.3 Å². The molecule has 1 saturated carbocycles. The fraction of sp³-hybridized carbons (Fsp3) is 0.444. The van der Waals surface area contributed by atoms with Gasteiger partial charge < -0.3 is 5.11 Å². The van der Waals surface area contributed by atoms with Crippen LogP contribution in [0.15, 0.2) is 52.6 Å². The summed E-state index contributed by atoms with van der Waals surface area (Å²) >= 11 is -1.69. The van der Waals surface area contributed by atoms with Crippen LogP contribution < -0.4 is 0 Å². The summed E-state index contributed by atoms with van der Waals surface area (Å²) < 4.78 is 17.8. The highest BCUT2D eigenvalue weighted by Crippen LogP contribution is 2.34. The van der Waals surface area contributed by atoms with E-state index in [1.54, 1.807) is 24.3 Å². The zero-order chi connectivity index (χ0) is 16.2. The number of aliphatic hydroxyl groups excluding tert-OH is 1. The molecule has 0 saturated heterocycles. The standard InChI is InChI=1S/C18H20O4S/c19-14-11-16(13-7-3-1-4-8-13)18(20)17(12-14)22-23(21)15-9-5-2-6-10-15/h2-3,5-6,9-10,16-18,20H,1,4,8,11-12H2. The Balaban J connectivity index is 1.75. The van der Waals surface area contributed by atoms with Crippen molar-refractivity contribution in [2.45, 2.75) is 49.2 Å². The third-order valence-electron chi connectivity index (χ3n) is 4.35. The van der Waals surface area contributed by atoms with Gasteiger partial charge in [-0.3, -0.25) is 8.98 Å². The molecule has 0 bridgehead atoms. The third kappa shape index (κ3) is 3.88. The Morgan fingerprint density at radius 2 is 2.00 bits per heavy atom. The number of rotatable bonds is 4. The van der Waals surface area contributed by atoms with Gasteiger partial charge in [-0.1, -0.05) is 18.2 Å². The van der Waals surface area contributed by atoms with E-state index in [1.165, 1.54) is 0 Å². The lowest BCUT2D eigenvalue weighted by Crippen LogP contribution is -2.43. The van der Waals surface area contributed by atoms with Crippen LogP contribution in [0.4, 0.5) is 0 Å². The number of benzene rings is 1. The lowest BCUT2D eigenvalue weighted by atomic mass is 9.77. The average molecular weight is 332 g/mol. The van der Waals surface area contributed by atoms with E-state index >= 15 is 0 Å². The highest BCUT2D eigenvalue weighted by Gasteiger charge is 2.39. The maximum absolute atomic E-state index is 12.3. The van der Waals surface area contributed by atoms with Gasteiger partial charge in [0.25, 0.3) is 0 Å². The lowest BCUT2D eigenvalue weighted by Gasteiger charge is -2.34. The van der Waals surface area contributed by atoms with Gasteiger partial charge in [-0.05, 0) is 43.0 Å². The van der Waals surface area contributed by atoms with Crippen LogP contribution in [0.2, 0.25) is 0 Å². The number of carbonyl (C=O) groups excluding carboxylic acids is 1. The third-order valence-corrected chi connectivity index (χ3v) is 5.42. The molecular weight excluding hydrogens is 312 g/mol. The van der Waals surface area contributed by atoms with E-state index in [-0.39, 0.29) is 18.1 Å². The van der Waals surface area contributed by atoms with E-state index in [1.807, 2.05) is 12.1 Å². The minimum absolute atomic E-state index is 0.0373. The Hall–Kier alpha value is -1.52. The molecule has 3 rings (SSSR count). The number of Topliss-reactive ketones (excluding diaryl/α,β-unsaturated/α-hetero) is 1. The molecule has 1 fully saturated rings. The van der Waals surface area contributed by atoms with Gasteiger partial charge in [-0.15, -0.1) is 5.73 Å². The molecule has 1 aromatic carbocycles. The van der Waals surface area contributed by atoms with E-state index in [2.05, 4.69) is 5.73 Å². The molecule has 0 heterocycles. The SMILES string of the molecule is O=C1CC(OS(=O)c2ccccc2)C(O)C(C2=C=CCCC2)C1. The van der Waals surface area contributed by atoms with E-state index in [0.29, 0.717) is 11.3 Å². The largest absolute Gasteiger partial charge is 0.390 e. The molecule has 1 N–H and O–H groups in total. The van der Waals surface area contributed by atoms with E-state index < -0.39 is 23.3 Å². The average Bonchev–Trinajstić information content (AvgIpc) is 2.59. The molecule has 0 aliphatic heterocycles. The molecule has 2 aliphatic carbocycles. The minimum atomic E-state index is -1.69. The number of ketones is 1. The van der Waals surface area contributed by atoms with Crippen molar-refractivity contribution in [2.75, 3.05) is 0 Å². The molecule has 23 heavy (non-hydrogen) atoms. The van der Waals surface area contributed by atoms with Crippen molar-refractivity contribution in [3.8, 4) is 0 Å². The quantitative estimate of drug-likeness (QED) is 0.861. The van der Waals surface area contributed by atoms with Crippen molar-refractivity contribution in [1.82, 2.24) is 0 Å². The van der Waals surface area contributed by atoms with Gasteiger partial charge in [0.2, 0.25) is 0 Å². The van der Waals surface area contributed by atoms with Gasteiger partial charge in [-0.25, -0.2) is 4.21 Å². The zero-order valence-corrected chi connectivity index (χ0v) is 13.6. The molecule has 2 aliphatic rings. The Morgan fingerprint density at radius 3 is 2.70 bits per heavy atom. The first-order chi connectivity index (χ1) is 11.1. The summed E-state index contributed by atoms with van der Waals surface area (Å²) in [6, 6.07) is 8.80. The van der Waals surface area contributed by atoms with Crippen LogP contribution >= 0.6 is 0 Å². The van der Waals surface area contributed by atoms with Crippen LogP contribution in [0.5, 0.6) is 0 Å². The number of aliphatic hydroxyl groups is 1. The molecule has 4 atom stereocenters. The Bertz CT molecular complexity index is 661. The first-order valence-electron chi connectivity index (χ1n) is 7.93. The summed E-state index contributed by atoms with van der Waals surface area (Å²) in [6.45, 7) is 0. The minimum Gasteiger partial charge on any atom is -0.390 e. The molecule has 0 spiro atoms. The van der Waals surface area contributed by atoms with Gasteiger partial charge in [0.05, 0.1) is 11.0 Å². The predicted octanol–water partition coefficient (Wildman–Crippen LogP) is 2.70. The summed E-state index contributed by atoms with van der Waals surface area (Å²) in [7, 11) is 0. The van der Waals surface area contributed by atoms with E-state index in [4.69, 9.17) is 4.18 Å². The smallest absolute Gasteiger partial charge is 0.189 e. The lowest BCUT2D eigenvalue weighted by molar-refractivity contribution is -0.129. The van der Waals surface area contributed by atoms with Crippen molar-refractivity contribution in [1.29, 1.82) is 0 Å². The Kier molecular flexibility index (Phi) is 5.23. The van der Waals surface area contributed by atoms with Gasteiger partial charge in [-0.2, -0.15) is 0 Å². The number of carbonyl (C=O) groups is 1. The van der Waals surface area contributed by atoms with E-state index in [0.717, 1.165) is 24.8 Å². The van der Waals surface area contributed by atoms with Crippen LogP contribution in [-0.2, 0) is 20.1 Å². The normalized spacial score (nSPS) is 29.2. The highest BCUT2D eigenvalue weighted by atomic mass is 32.2. The number of hydrogen-bond donors (Lipinski definition) is 1. The van der Waals surface area contributed by atoms with Gasteiger partial charge >= 0.3 is 0 Å². The van der Waals surface area contributed by atoms with Crippen molar-refractivity contribution in [3.63, 3.8) is 0 Å². The molecule has 0 amide bonds. The first kappa shape index (κ1) is 16.3. The highest BCUT2D eigenvalue weighted by molar-refractivity contribution is 7.80.